The highest BCUT2D eigenvalue weighted by Crippen LogP contribution is 2.29. The molecule has 3 rings (SSSR count). The lowest BCUT2D eigenvalue weighted by Crippen LogP contribution is -1.94. The van der Waals surface area contributed by atoms with E-state index in [0.717, 1.165) is 22.6 Å². The SMILES string of the molecule is C#CC1=C(c2cc(-c3ccc(O)cc3)n[nH]2)N=IN1. The van der Waals surface area contributed by atoms with Gasteiger partial charge in [0.05, 0.1) is 11.4 Å². The molecule has 1 aromatic heterocycles. The van der Waals surface area contributed by atoms with Crippen molar-refractivity contribution in [1.82, 2.24) is 13.7 Å². The van der Waals surface area contributed by atoms with Crippen LogP contribution in [0.5, 0.6) is 5.75 Å². The summed E-state index contributed by atoms with van der Waals surface area (Å²) in [4.78, 5) is 0. The van der Waals surface area contributed by atoms with Gasteiger partial charge in [-0.1, -0.05) is 0 Å². The Morgan fingerprint density at radius 1 is 1.26 bits per heavy atom. The van der Waals surface area contributed by atoms with Crippen molar-refractivity contribution in [3.05, 3.63) is 41.7 Å². The van der Waals surface area contributed by atoms with Crippen LogP contribution in [0.4, 0.5) is 0 Å². The molecule has 0 saturated heterocycles. The van der Waals surface area contributed by atoms with Gasteiger partial charge in [0.2, 0.25) is 0 Å². The van der Waals surface area contributed by atoms with Crippen molar-refractivity contribution in [3.8, 4) is 29.4 Å². The Hall–Kier alpha value is -2.14. The number of nitrogens with zero attached hydrogens (tertiary/aromatic N) is 2. The van der Waals surface area contributed by atoms with E-state index in [1.807, 2.05) is 18.2 Å². The van der Waals surface area contributed by atoms with Crippen LogP contribution in [-0.4, -0.2) is 15.3 Å². The summed E-state index contributed by atoms with van der Waals surface area (Å²) in [6.07, 6.45) is 5.42. The summed E-state index contributed by atoms with van der Waals surface area (Å²) in [6, 6.07) is 8.77. The van der Waals surface area contributed by atoms with Crippen LogP contribution in [0.3, 0.4) is 0 Å². The number of aromatic hydroxyl groups is 1. The summed E-state index contributed by atoms with van der Waals surface area (Å²) >= 11 is -0.443. The van der Waals surface area contributed by atoms with Crippen LogP contribution in [-0.2, 0) is 0 Å². The zero-order valence-electron chi connectivity index (χ0n) is 9.68. The molecule has 2 aromatic rings. The predicted octanol–water partition coefficient (Wildman–Crippen LogP) is 2.76. The molecule has 0 saturated carbocycles. The fraction of sp³-hybridized carbons (Fsp3) is 0. The van der Waals surface area contributed by atoms with Gasteiger partial charge in [0.15, 0.2) is 0 Å². The van der Waals surface area contributed by atoms with E-state index in [2.05, 4.69) is 22.8 Å². The minimum Gasteiger partial charge on any atom is -0.508 e. The summed E-state index contributed by atoms with van der Waals surface area (Å²) in [5.74, 6) is 2.82. The first kappa shape index (κ1) is 11.9. The third-order valence-electron chi connectivity index (χ3n) is 2.64. The van der Waals surface area contributed by atoms with Gasteiger partial charge in [-0.2, -0.15) is 5.10 Å². The normalized spacial score (nSPS) is 13.8. The van der Waals surface area contributed by atoms with Crippen molar-refractivity contribution >= 4 is 27.0 Å². The minimum atomic E-state index is -0.443. The topological polar surface area (TPSA) is 73.3 Å². The summed E-state index contributed by atoms with van der Waals surface area (Å²) in [5, 5.41) is 16.5. The van der Waals surface area contributed by atoms with E-state index in [1.165, 1.54) is 0 Å². The monoisotopic (exact) mass is 364 g/mol. The Bertz CT molecular complexity index is 722. The number of terminal acetylenes is 1. The molecular weight excluding hydrogens is 355 g/mol. The fourth-order valence-electron chi connectivity index (χ4n) is 1.69. The molecule has 19 heavy (non-hydrogen) atoms. The largest absolute Gasteiger partial charge is 0.508 e. The minimum absolute atomic E-state index is 0.233. The van der Waals surface area contributed by atoms with Gasteiger partial charge >= 0.3 is 0 Å². The van der Waals surface area contributed by atoms with Crippen molar-refractivity contribution < 1.29 is 5.11 Å². The second kappa shape index (κ2) is 4.85. The van der Waals surface area contributed by atoms with Gasteiger partial charge in [-0.25, -0.2) is 3.15 Å². The van der Waals surface area contributed by atoms with Crippen LogP contribution in [0.1, 0.15) is 5.69 Å². The van der Waals surface area contributed by atoms with Crippen LogP contribution >= 0.6 is 21.3 Å². The number of rotatable bonds is 2. The van der Waals surface area contributed by atoms with Gasteiger partial charge in [0.1, 0.15) is 38.5 Å². The molecule has 0 spiro atoms. The van der Waals surface area contributed by atoms with Gasteiger partial charge in [0.25, 0.3) is 0 Å². The Labute approximate surface area is 120 Å². The molecule has 0 unspecified atom stereocenters. The second-order valence-corrected chi connectivity index (χ2v) is 5.35. The molecule has 2 heterocycles. The average Bonchev–Trinajstić information content (AvgIpc) is 3.07. The van der Waals surface area contributed by atoms with Crippen LogP contribution in [0.2, 0.25) is 0 Å². The number of aromatic nitrogens is 2. The molecule has 3 N–H and O–H groups in total. The van der Waals surface area contributed by atoms with Crippen molar-refractivity contribution in [2.24, 2.45) is 3.15 Å². The maximum absolute atomic E-state index is 9.27. The molecule has 1 aliphatic heterocycles. The molecule has 0 radical (unpaired) electrons. The van der Waals surface area contributed by atoms with Crippen LogP contribution in [0.15, 0.2) is 39.2 Å². The summed E-state index contributed by atoms with van der Waals surface area (Å²) < 4.78 is 7.52. The Balaban J connectivity index is 1.99. The summed E-state index contributed by atoms with van der Waals surface area (Å²) in [5.41, 5.74) is 4.00. The van der Waals surface area contributed by atoms with Gasteiger partial charge in [0, 0.05) is 5.56 Å². The smallest absolute Gasteiger partial charge is 0.128 e. The highest BCUT2D eigenvalue weighted by atomic mass is 127. The number of aromatic amines is 1. The van der Waals surface area contributed by atoms with E-state index >= 15 is 0 Å². The van der Waals surface area contributed by atoms with Crippen molar-refractivity contribution in [2.45, 2.75) is 0 Å². The number of hydrogen-bond donors (Lipinski definition) is 3. The number of phenols is 1. The molecule has 0 bridgehead atoms. The van der Waals surface area contributed by atoms with Gasteiger partial charge in [-0.3, -0.25) is 5.10 Å². The lowest BCUT2D eigenvalue weighted by atomic mass is 10.1. The first-order chi connectivity index (χ1) is 9.28. The van der Waals surface area contributed by atoms with Crippen molar-refractivity contribution in [3.63, 3.8) is 0 Å². The van der Waals surface area contributed by atoms with Crippen molar-refractivity contribution in [2.75, 3.05) is 0 Å². The van der Waals surface area contributed by atoms with E-state index in [-0.39, 0.29) is 5.75 Å². The third-order valence-corrected chi connectivity index (χ3v) is 4.14. The second-order valence-electron chi connectivity index (χ2n) is 3.85. The Morgan fingerprint density at radius 3 is 2.79 bits per heavy atom. The lowest BCUT2D eigenvalue weighted by Gasteiger charge is -1.96. The first-order valence-electron chi connectivity index (χ1n) is 5.44. The van der Waals surface area contributed by atoms with E-state index < -0.39 is 21.3 Å². The molecule has 6 heteroatoms. The number of halogens is 1. The Morgan fingerprint density at radius 2 is 2.05 bits per heavy atom. The number of nitrogens with one attached hydrogen (secondary N) is 2. The Kier molecular flexibility index (Phi) is 3.05. The molecular formula is C13H9IN4O. The standard InChI is InChI=1S/C13H9IN4O/c1-2-10-13(16-14-15-10)12-7-11(17-18-12)8-3-5-9(19)6-4-8/h1,3-7,19H,(H,15,16)(H,17,18). The maximum atomic E-state index is 9.27. The highest BCUT2D eigenvalue weighted by molar-refractivity contribution is 14.1. The zero-order chi connectivity index (χ0) is 13.2. The number of hydrogen-bond acceptors (Lipinski definition) is 4. The number of H-pyrrole nitrogens is 1. The molecule has 0 atom stereocenters. The van der Waals surface area contributed by atoms with Gasteiger partial charge in [-0.05, 0) is 36.3 Å². The zero-order valence-corrected chi connectivity index (χ0v) is 11.8. The van der Waals surface area contributed by atoms with Crippen LogP contribution in [0.25, 0.3) is 17.0 Å². The average molecular weight is 364 g/mol. The number of benzene rings is 1. The number of allylic oxidation sites excluding steroid dienone is 1. The van der Waals surface area contributed by atoms with Crippen LogP contribution < -0.4 is 3.53 Å². The molecule has 0 aliphatic carbocycles. The first-order valence-corrected chi connectivity index (χ1v) is 7.48. The lowest BCUT2D eigenvalue weighted by molar-refractivity contribution is 0.475. The summed E-state index contributed by atoms with van der Waals surface area (Å²) in [7, 11) is 0. The fourth-order valence-corrected chi connectivity index (χ4v) is 3.21. The number of phenolic OH excluding ortho intramolecular Hbond substituents is 1. The van der Waals surface area contributed by atoms with Gasteiger partial charge in [-0.15, -0.1) is 6.42 Å². The third kappa shape index (κ3) is 2.24. The van der Waals surface area contributed by atoms with E-state index in [9.17, 15) is 5.11 Å². The maximum Gasteiger partial charge on any atom is 0.128 e. The van der Waals surface area contributed by atoms with E-state index in [4.69, 9.17) is 6.42 Å². The molecule has 0 amide bonds. The quantitative estimate of drug-likeness (QED) is 0.436. The predicted molar refractivity (Wildman–Crippen MR) is 81.0 cm³/mol. The van der Waals surface area contributed by atoms with E-state index in [0.29, 0.717) is 5.70 Å². The van der Waals surface area contributed by atoms with Gasteiger partial charge < -0.3 is 8.64 Å². The van der Waals surface area contributed by atoms with E-state index in [1.54, 1.807) is 12.1 Å². The molecule has 94 valence electrons. The molecule has 1 aromatic carbocycles. The highest BCUT2D eigenvalue weighted by Gasteiger charge is 2.14. The molecule has 1 aliphatic rings. The van der Waals surface area contributed by atoms with Crippen LogP contribution in [0, 0.1) is 12.3 Å². The molecule has 5 nitrogen and oxygen atoms in total. The van der Waals surface area contributed by atoms with Crippen molar-refractivity contribution in [1.29, 1.82) is 0 Å². The summed E-state index contributed by atoms with van der Waals surface area (Å²) in [6.45, 7) is 0. The molecule has 0 fully saturated rings.